The second-order valence-electron chi connectivity index (χ2n) is 4.67. The highest BCUT2D eigenvalue weighted by Gasteiger charge is 2.19. The lowest BCUT2D eigenvalue weighted by atomic mass is 9.89. The highest BCUT2D eigenvalue weighted by molar-refractivity contribution is 6.13. The van der Waals surface area contributed by atoms with Gasteiger partial charge in [0.15, 0.2) is 0 Å². The SMILES string of the molecule is CCCN1CCC(c2ccccc2)CC1.Cl.OBO. The molecule has 0 aromatic heterocycles. The van der Waals surface area contributed by atoms with Gasteiger partial charge in [-0.1, -0.05) is 37.3 Å². The van der Waals surface area contributed by atoms with Gasteiger partial charge in [-0.3, -0.25) is 0 Å². The Morgan fingerprint density at radius 3 is 2.16 bits per heavy atom. The van der Waals surface area contributed by atoms with Crippen molar-refractivity contribution in [2.24, 2.45) is 0 Å². The monoisotopic (exact) mass is 285 g/mol. The molecule has 19 heavy (non-hydrogen) atoms. The van der Waals surface area contributed by atoms with Crippen molar-refractivity contribution in [3.8, 4) is 0 Å². The first-order valence-corrected chi connectivity index (χ1v) is 6.80. The van der Waals surface area contributed by atoms with Crippen LogP contribution in [0.1, 0.15) is 37.7 Å². The van der Waals surface area contributed by atoms with Gasteiger partial charge >= 0.3 is 7.69 Å². The van der Waals surface area contributed by atoms with Gasteiger partial charge in [0.05, 0.1) is 0 Å². The third-order valence-electron chi connectivity index (χ3n) is 3.40. The molecule has 1 heterocycles. The predicted octanol–water partition coefficient (Wildman–Crippen LogP) is 1.94. The van der Waals surface area contributed by atoms with Gasteiger partial charge in [0.1, 0.15) is 0 Å². The molecule has 2 rings (SSSR count). The Balaban J connectivity index is 0.000000742. The van der Waals surface area contributed by atoms with E-state index < -0.39 is 7.69 Å². The number of likely N-dealkylation sites (tertiary alicyclic amines) is 1. The summed E-state index contributed by atoms with van der Waals surface area (Å²) in [4.78, 5) is 2.60. The molecule has 1 aromatic carbocycles. The van der Waals surface area contributed by atoms with Crippen molar-refractivity contribution >= 4 is 20.1 Å². The molecule has 1 aliphatic rings. The number of piperidine rings is 1. The Kier molecular flexibility index (Phi) is 11.0. The van der Waals surface area contributed by atoms with Gasteiger partial charge in [-0.2, -0.15) is 0 Å². The summed E-state index contributed by atoms with van der Waals surface area (Å²) in [6, 6.07) is 11.0. The summed E-state index contributed by atoms with van der Waals surface area (Å²) >= 11 is 0. The summed E-state index contributed by atoms with van der Waals surface area (Å²) in [7, 11) is -0.750. The minimum Gasteiger partial charge on any atom is -0.430 e. The van der Waals surface area contributed by atoms with Crippen molar-refractivity contribution in [3.05, 3.63) is 35.9 Å². The van der Waals surface area contributed by atoms with E-state index in [-0.39, 0.29) is 12.4 Å². The zero-order chi connectivity index (χ0) is 13.2. The molecule has 108 valence electrons. The molecule has 1 aromatic rings. The van der Waals surface area contributed by atoms with Crippen LogP contribution in [0.2, 0.25) is 0 Å². The molecule has 1 aliphatic heterocycles. The van der Waals surface area contributed by atoms with Gasteiger partial charge in [0.2, 0.25) is 0 Å². The zero-order valence-electron chi connectivity index (χ0n) is 11.7. The van der Waals surface area contributed by atoms with Crippen LogP contribution >= 0.6 is 12.4 Å². The lowest BCUT2D eigenvalue weighted by Crippen LogP contribution is -2.33. The summed E-state index contributed by atoms with van der Waals surface area (Å²) in [6.07, 6.45) is 3.96. The van der Waals surface area contributed by atoms with Gasteiger partial charge in [-0.05, 0) is 50.4 Å². The Hall–Kier alpha value is -0.545. The maximum atomic E-state index is 7.12. The van der Waals surface area contributed by atoms with Gasteiger partial charge in [0, 0.05) is 0 Å². The van der Waals surface area contributed by atoms with Crippen LogP contribution in [0.15, 0.2) is 30.3 Å². The first-order valence-electron chi connectivity index (χ1n) is 6.80. The number of nitrogens with zero attached hydrogens (tertiary/aromatic N) is 1. The Morgan fingerprint density at radius 2 is 1.68 bits per heavy atom. The average molecular weight is 286 g/mol. The number of benzene rings is 1. The van der Waals surface area contributed by atoms with E-state index in [9.17, 15) is 0 Å². The summed E-state index contributed by atoms with van der Waals surface area (Å²) in [5.74, 6) is 0.805. The summed E-state index contributed by atoms with van der Waals surface area (Å²) in [5.41, 5.74) is 1.54. The third kappa shape index (κ3) is 6.97. The van der Waals surface area contributed by atoms with Gasteiger partial charge in [-0.25, -0.2) is 0 Å². The molecule has 0 aliphatic carbocycles. The molecule has 0 amide bonds. The molecule has 3 nitrogen and oxygen atoms in total. The van der Waals surface area contributed by atoms with Crippen LogP contribution in [0, 0.1) is 0 Å². The predicted molar refractivity (Wildman–Crippen MR) is 84.0 cm³/mol. The molecular formula is C14H25BClNO2. The molecule has 0 spiro atoms. The molecule has 0 saturated carbocycles. The van der Waals surface area contributed by atoms with Crippen molar-refractivity contribution < 1.29 is 10.0 Å². The molecule has 1 fully saturated rings. The molecular weight excluding hydrogens is 260 g/mol. The zero-order valence-corrected chi connectivity index (χ0v) is 12.5. The lowest BCUT2D eigenvalue weighted by Gasteiger charge is -2.31. The van der Waals surface area contributed by atoms with Crippen molar-refractivity contribution in [3.63, 3.8) is 0 Å². The standard InChI is InChI=1S/C14H21N.BH3O2.ClH/c1-2-10-15-11-8-14(9-12-15)13-6-4-3-5-7-13;2-1-3;/h3-7,14H,2,8-12H2,1H3;1-3H;1H. The minimum absolute atomic E-state index is 0. The third-order valence-corrected chi connectivity index (χ3v) is 3.40. The highest BCUT2D eigenvalue weighted by atomic mass is 35.5. The first kappa shape index (κ1) is 18.5. The summed E-state index contributed by atoms with van der Waals surface area (Å²) in [6.45, 7) is 6.12. The van der Waals surface area contributed by atoms with Crippen LogP contribution in [0.5, 0.6) is 0 Å². The minimum atomic E-state index is -0.750. The molecule has 0 bridgehead atoms. The van der Waals surface area contributed by atoms with E-state index in [1.165, 1.54) is 44.5 Å². The van der Waals surface area contributed by atoms with Crippen LogP contribution in [-0.2, 0) is 0 Å². The van der Waals surface area contributed by atoms with Crippen LogP contribution in [-0.4, -0.2) is 42.3 Å². The van der Waals surface area contributed by atoms with Gasteiger partial charge in [0.25, 0.3) is 0 Å². The van der Waals surface area contributed by atoms with E-state index in [0.29, 0.717) is 0 Å². The molecule has 0 radical (unpaired) electrons. The fourth-order valence-electron chi connectivity index (χ4n) is 2.53. The lowest BCUT2D eigenvalue weighted by molar-refractivity contribution is 0.213. The van der Waals surface area contributed by atoms with Crippen LogP contribution < -0.4 is 0 Å². The molecule has 0 atom stereocenters. The second-order valence-corrected chi connectivity index (χ2v) is 4.67. The van der Waals surface area contributed by atoms with Crippen LogP contribution in [0.4, 0.5) is 0 Å². The quantitative estimate of drug-likeness (QED) is 0.834. The van der Waals surface area contributed by atoms with Crippen molar-refractivity contribution in [2.75, 3.05) is 19.6 Å². The van der Waals surface area contributed by atoms with Gasteiger partial charge < -0.3 is 14.9 Å². The second kappa shape index (κ2) is 11.3. The van der Waals surface area contributed by atoms with Crippen molar-refractivity contribution in [2.45, 2.75) is 32.1 Å². The smallest absolute Gasteiger partial charge is 0.430 e. The Labute approximate surface area is 123 Å². The number of hydrogen-bond donors (Lipinski definition) is 2. The molecule has 1 saturated heterocycles. The molecule has 2 N–H and O–H groups in total. The summed E-state index contributed by atoms with van der Waals surface area (Å²) < 4.78 is 0. The normalized spacial score (nSPS) is 15.9. The fraction of sp³-hybridized carbons (Fsp3) is 0.571. The van der Waals surface area contributed by atoms with E-state index in [4.69, 9.17) is 10.0 Å². The van der Waals surface area contributed by atoms with Gasteiger partial charge in [-0.15, -0.1) is 12.4 Å². The first-order chi connectivity index (χ1) is 8.81. The summed E-state index contributed by atoms with van der Waals surface area (Å²) in [5, 5.41) is 14.2. The van der Waals surface area contributed by atoms with Crippen molar-refractivity contribution in [1.82, 2.24) is 4.90 Å². The maximum absolute atomic E-state index is 7.12. The number of hydrogen-bond acceptors (Lipinski definition) is 3. The largest absolute Gasteiger partial charge is 0.432 e. The number of rotatable bonds is 3. The maximum Gasteiger partial charge on any atom is 0.432 e. The van der Waals surface area contributed by atoms with Crippen LogP contribution in [0.25, 0.3) is 0 Å². The van der Waals surface area contributed by atoms with E-state index >= 15 is 0 Å². The van der Waals surface area contributed by atoms with E-state index in [0.717, 1.165) is 5.92 Å². The number of halogens is 1. The Bertz CT molecular complexity index is 306. The molecule has 0 unspecified atom stereocenters. The van der Waals surface area contributed by atoms with Crippen LogP contribution in [0.3, 0.4) is 0 Å². The fourth-order valence-corrected chi connectivity index (χ4v) is 2.53. The topological polar surface area (TPSA) is 43.7 Å². The highest BCUT2D eigenvalue weighted by Crippen LogP contribution is 2.27. The van der Waals surface area contributed by atoms with Crippen molar-refractivity contribution in [1.29, 1.82) is 0 Å². The average Bonchev–Trinajstić information content (AvgIpc) is 2.42. The van der Waals surface area contributed by atoms with E-state index in [1.54, 1.807) is 0 Å². The van der Waals surface area contributed by atoms with E-state index in [1.807, 2.05) is 0 Å². The Morgan fingerprint density at radius 1 is 1.16 bits per heavy atom. The molecule has 5 heteroatoms. The van der Waals surface area contributed by atoms with E-state index in [2.05, 4.69) is 42.2 Å².